The Kier molecular flexibility index (Phi) is 2.64. The van der Waals surface area contributed by atoms with Gasteiger partial charge in [0, 0.05) is 12.6 Å². The Balaban J connectivity index is 2.30. The molecule has 1 N–H and O–H groups in total. The zero-order valence-corrected chi connectivity index (χ0v) is 9.13. The van der Waals surface area contributed by atoms with Crippen LogP contribution in [0.5, 0.6) is 0 Å². The molecule has 0 spiro atoms. The predicted octanol–water partition coefficient (Wildman–Crippen LogP) is 2.96. The zero-order valence-electron chi connectivity index (χ0n) is 9.13. The molecular formula is C10H18F3N. The van der Waals surface area contributed by atoms with Gasteiger partial charge in [-0.15, -0.1) is 0 Å². The van der Waals surface area contributed by atoms with Gasteiger partial charge in [-0.3, -0.25) is 0 Å². The third-order valence-corrected chi connectivity index (χ3v) is 3.78. The van der Waals surface area contributed by atoms with Crippen molar-refractivity contribution in [1.82, 2.24) is 5.32 Å². The predicted molar refractivity (Wildman–Crippen MR) is 50.0 cm³/mol. The van der Waals surface area contributed by atoms with E-state index >= 15 is 0 Å². The van der Waals surface area contributed by atoms with Crippen LogP contribution in [0.2, 0.25) is 0 Å². The van der Waals surface area contributed by atoms with Gasteiger partial charge in [-0.1, -0.05) is 27.7 Å². The molecule has 1 aliphatic carbocycles. The van der Waals surface area contributed by atoms with Crippen molar-refractivity contribution in [3.05, 3.63) is 0 Å². The Bertz CT molecular complexity index is 204. The molecule has 1 saturated carbocycles. The summed E-state index contributed by atoms with van der Waals surface area (Å²) in [5.41, 5.74) is 0.219. The van der Waals surface area contributed by atoms with Crippen LogP contribution in [0.3, 0.4) is 0 Å². The molecule has 0 aliphatic heterocycles. The molecule has 0 aromatic rings. The van der Waals surface area contributed by atoms with E-state index in [-0.39, 0.29) is 23.4 Å². The number of nitrogens with one attached hydrogen (secondary N) is 1. The third kappa shape index (κ3) is 2.05. The zero-order chi connectivity index (χ0) is 11.2. The highest BCUT2D eigenvalue weighted by atomic mass is 19.4. The third-order valence-electron chi connectivity index (χ3n) is 3.78. The van der Waals surface area contributed by atoms with Crippen LogP contribution in [-0.2, 0) is 0 Å². The fourth-order valence-corrected chi connectivity index (χ4v) is 2.06. The highest BCUT2D eigenvalue weighted by Crippen LogP contribution is 2.62. The molecule has 1 rings (SSSR count). The summed E-state index contributed by atoms with van der Waals surface area (Å²) in [5.74, 6) is 0. The topological polar surface area (TPSA) is 12.0 Å². The van der Waals surface area contributed by atoms with Gasteiger partial charge in [0.2, 0.25) is 0 Å². The molecule has 0 atom stereocenters. The molecule has 0 bridgehead atoms. The maximum absolute atomic E-state index is 11.9. The van der Waals surface area contributed by atoms with Crippen LogP contribution in [0.4, 0.5) is 13.2 Å². The minimum Gasteiger partial charge on any atom is -0.313 e. The first-order valence-corrected chi connectivity index (χ1v) is 4.89. The molecule has 14 heavy (non-hydrogen) atoms. The smallest absolute Gasteiger partial charge is 0.313 e. The number of hydrogen-bond acceptors (Lipinski definition) is 1. The van der Waals surface area contributed by atoms with E-state index in [0.29, 0.717) is 0 Å². The van der Waals surface area contributed by atoms with Crippen molar-refractivity contribution < 1.29 is 13.2 Å². The van der Waals surface area contributed by atoms with Crippen molar-refractivity contribution in [2.75, 3.05) is 6.54 Å². The van der Waals surface area contributed by atoms with Gasteiger partial charge >= 0.3 is 6.18 Å². The first-order valence-electron chi connectivity index (χ1n) is 4.89. The lowest BCUT2D eigenvalue weighted by Gasteiger charge is -2.08. The molecule has 84 valence electrons. The van der Waals surface area contributed by atoms with E-state index in [9.17, 15) is 13.2 Å². The SMILES string of the molecule is CC1(C)C(NCCC(F)(F)F)C1(C)C. The molecule has 0 saturated heterocycles. The van der Waals surface area contributed by atoms with E-state index in [1.54, 1.807) is 0 Å². The second-order valence-electron chi connectivity index (χ2n) is 5.20. The molecule has 1 aliphatic rings. The van der Waals surface area contributed by atoms with Crippen molar-refractivity contribution in [3.8, 4) is 0 Å². The number of halogens is 3. The first-order chi connectivity index (χ1) is 6.09. The highest BCUT2D eigenvalue weighted by Gasteiger charge is 2.64. The van der Waals surface area contributed by atoms with Gasteiger partial charge in [0.1, 0.15) is 0 Å². The van der Waals surface area contributed by atoms with Gasteiger partial charge < -0.3 is 5.32 Å². The second-order valence-corrected chi connectivity index (χ2v) is 5.20. The molecule has 0 radical (unpaired) electrons. The quantitative estimate of drug-likeness (QED) is 0.753. The number of alkyl halides is 3. The summed E-state index contributed by atoms with van der Waals surface area (Å²) in [4.78, 5) is 0. The first kappa shape index (κ1) is 11.8. The van der Waals surface area contributed by atoms with Gasteiger partial charge in [0.05, 0.1) is 6.42 Å². The Hall–Kier alpha value is -0.250. The monoisotopic (exact) mass is 209 g/mol. The average molecular weight is 209 g/mol. The lowest BCUT2D eigenvalue weighted by Crippen LogP contribution is -2.27. The Morgan fingerprint density at radius 1 is 1.07 bits per heavy atom. The lowest BCUT2D eigenvalue weighted by atomic mass is 10.0. The normalized spacial score (nSPS) is 25.1. The molecule has 0 unspecified atom stereocenters. The van der Waals surface area contributed by atoms with Crippen LogP contribution in [-0.4, -0.2) is 18.8 Å². The highest BCUT2D eigenvalue weighted by molar-refractivity contribution is 5.17. The lowest BCUT2D eigenvalue weighted by molar-refractivity contribution is -0.133. The van der Waals surface area contributed by atoms with E-state index < -0.39 is 12.6 Å². The van der Waals surface area contributed by atoms with E-state index in [0.717, 1.165) is 0 Å². The van der Waals surface area contributed by atoms with Crippen molar-refractivity contribution >= 4 is 0 Å². The van der Waals surface area contributed by atoms with Crippen molar-refractivity contribution in [1.29, 1.82) is 0 Å². The van der Waals surface area contributed by atoms with Crippen molar-refractivity contribution in [3.63, 3.8) is 0 Å². The molecule has 0 heterocycles. The van der Waals surface area contributed by atoms with Crippen LogP contribution < -0.4 is 5.32 Å². The summed E-state index contributed by atoms with van der Waals surface area (Å²) in [5, 5.41) is 2.97. The van der Waals surface area contributed by atoms with Crippen molar-refractivity contribution in [2.24, 2.45) is 10.8 Å². The average Bonchev–Trinajstić information content (AvgIpc) is 2.28. The minimum atomic E-state index is -4.05. The van der Waals surface area contributed by atoms with E-state index in [2.05, 4.69) is 33.0 Å². The summed E-state index contributed by atoms with van der Waals surface area (Å²) < 4.78 is 35.6. The van der Waals surface area contributed by atoms with E-state index in [4.69, 9.17) is 0 Å². The number of rotatable bonds is 3. The molecule has 1 nitrogen and oxygen atoms in total. The van der Waals surface area contributed by atoms with Crippen molar-refractivity contribution in [2.45, 2.75) is 46.3 Å². The van der Waals surface area contributed by atoms with E-state index in [1.165, 1.54) is 0 Å². The van der Waals surface area contributed by atoms with Gasteiger partial charge in [-0.05, 0) is 10.8 Å². The Labute approximate surface area is 83.1 Å². The van der Waals surface area contributed by atoms with Crippen LogP contribution in [0.25, 0.3) is 0 Å². The maximum Gasteiger partial charge on any atom is 0.390 e. The summed E-state index contributed by atoms with van der Waals surface area (Å²) >= 11 is 0. The molecule has 0 amide bonds. The molecular weight excluding hydrogens is 191 g/mol. The van der Waals surface area contributed by atoms with Gasteiger partial charge in [-0.25, -0.2) is 0 Å². The van der Waals surface area contributed by atoms with Crippen LogP contribution >= 0.6 is 0 Å². The largest absolute Gasteiger partial charge is 0.390 e. The van der Waals surface area contributed by atoms with Crippen LogP contribution in [0, 0.1) is 10.8 Å². The van der Waals surface area contributed by atoms with Gasteiger partial charge in [0.25, 0.3) is 0 Å². The van der Waals surface area contributed by atoms with E-state index in [1.807, 2.05) is 0 Å². The number of hydrogen-bond donors (Lipinski definition) is 1. The Morgan fingerprint density at radius 2 is 1.50 bits per heavy atom. The Morgan fingerprint density at radius 3 is 1.79 bits per heavy atom. The second kappa shape index (κ2) is 3.12. The summed E-state index contributed by atoms with van der Waals surface area (Å²) in [6.45, 7) is 8.36. The van der Waals surface area contributed by atoms with Gasteiger partial charge in [-0.2, -0.15) is 13.2 Å². The summed E-state index contributed by atoms with van der Waals surface area (Å²) in [6.07, 6.45) is -4.79. The molecule has 1 fully saturated rings. The fourth-order valence-electron chi connectivity index (χ4n) is 2.06. The van der Waals surface area contributed by atoms with Gasteiger partial charge in [0.15, 0.2) is 0 Å². The molecule has 0 aromatic heterocycles. The maximum atomic E-state index is 11.9. The minimum absolute atomic E-state index is 0.0288. The summed E-state index contributed by atoms with van der Waals surface area (Å²) in [7, 11) is 0. The fraction of sp³-hybridized carbons (Fsp3) is 1.00. The summed E-state index contributed by atoms with van der Waals surface area (Å²) in [6, 6.07) is 0.206. The standard InChI is InChI=1S/C10H18F3N/c1-8(2)7(9(8,3)4)14-6-5-10(11,12)13/h7,14H,5-6H2,1-4H3. The molecule has 4 heteroatoms. The van der Waals surface area contributed by atoms with Crippen LogP contribution in [0.1, 0.15) is 34.1 Å². The molecule has 0 aromatic carbocycles. The van der Waals surface area contributed by atoms with Crippen LogP contribution in [0.15, 0.2) is 0 Å².